The van der Waals surface area contributed by atoms with E-state index in [1.165, 1.54) is 6.20 Å². The van der Waals surface area contributed by atoms with Crippen LogP contribution in [0.2, 0.25) is 5.28 Å². The minimum absolute atomic E-state index is 0.0468. The molecule has 1 aromatic rings. The number of halogens is 3. The maximum Gasteiger partial charge on any atom is 0.248 e. The molecule has 0 saturated heterocycles. The van der Waals surface area contributed by atoms with E-state index in [1.54, 1.807) is 6.07 Å². The quantitative estimate of drug-likeness (QED) is 0.816. The van der Waals surface area contributed by atoms with E-state index in [1.807, 2.05) is 0 Å². The minimum Gasteiger partial charge on any atom is -0.367 e. The maximum atomic E-state index is 12.9. The lowest BCUT2D eigenvalue weighted by atomic mass is 9.92. The zero-order valence-electron chi connectivity index (χ0n) is 8.59. The molecule has 1 aliphatic rings. The van der Waals surface area contributed by atoms with Crippen molar-refractivity contribution in [3.05, 3.63) is 17.5 Å². The fourth-order valence-electron chi connectivity index (χ4n) is 1.81. The highest BCUT2D eigenvalue weighted by molar-refractivity contribution is 6.28. The van der Waals surface area contributed by atoms with Gasteiger partial charge < -0.3 is 5.32 Å². The van der Waals surface area contributed by atoms with Gasteiger partial charge in [-0.05, 0) is 30.5 Å². The first-order chi connectivity index (χ1) is 7.55. The Morgan fingerprint density at radius 2 is 2.06 bits per heavy atom. The largest absolute Gasteiger partial charge is 0.367 e. The number of nitrogens with zero attached hydrogens (tertiary/aromatic N) is 2. The Hall–Kier alpha value is -0.970. The predicted molar refractivity (Wildman–Crippen MR) is 57.9 cm³/mol. The second kappa shape index (κ2) is 4.49. The van der Waals surface area contributed by atoms with Crippen LogP contribution in [0.1, 0.15) is 25.7 Å². The maximum absolute atomic E-state index is 12.9. The molecular weight excluding hydrogens is 236 g/mol. The third kappa shape index (κ3) is 3.01. The molecule has 3 nitrogen and oxygen atoms in total. The summed E-state index contributed by atoms with van der Waals surface area (Å²) in [5.74, 6) is -1.91. The molecule has 1 saturated carbocycles. The van der Waals surface area contributed by atoms with Crippen LogP contribution in [0.3, 0.4) is 0 Å². The summed E-state index contributed by atoms with van der Waals surface area (Å²) in [6.45, 7) is 0. The molecule has 0 bridgehead atoms. The van der Waals surface area contributed by atoms with Gasteiger partial charge in [0.05, 0.1) is 0 Å². The van der Waals surface area contributed by atoms with Crippen LogP contribution in [0, 0.1) is 0 Å². The monoisotopic (exact) mass is 247 g/mol. The number of nitrogens with one attached hydrogen (secondary N) is 1. The van der Waals surface area contributed by atoms with Crippen LogP contribution in [-0.2, 0) is 0 Å². The van der Waals surface area contributed by atoms with Gasteiger partial charge in [-0.15, -0.1) is 0 Å². The van der Waals surface area contributed by atoms with Gasteiger partial charge in [0.2, 0.25) is 11.2 Å². The number of hydrogen-bond acceptors (Lipinski definition) is 3. The van der Waals surface area contributed by atoms with Gasteiger partial charge in [-0.1, -0.05) is 0 Å². The first kappa shape index (κ1) is 11.5. The first-order valence-electron chi connectivity index (χ1n) is 5.18. The second-order valence-corrected chi connectivity index (χ2v) is 4.32. The molecule has 88 valence electrons. The first-order valence-corrected chi connectivity index (χ1v) is 5.56. The van der Waals surface area contributed by atoms with E-state index in [2.05, 4.69) is 15.3 Å². The number of aromatic nitrogens is 2. The van der Waals surface area contributed by atoms with Crippen LogP contribution in [0.5, 0.6) is 0 Å². The fourth-order valence-corrected chi connectivity index (χ4v) is 1.96. The lowest BCUT2D eigenvalue weighted by Crippen LogP contribution is -2.32. The average molecular weight is 248 g/mol. The normalized spacial score (nSPS) is 20.7. The average Bonchev–Trinajstić information content (AvgIpc) is 2.21. The Kier molecular flexibility index (Phi) is 3.23. The molecule has 0 atom stereocenters. The SMILES string of the molecule is FC1(F)CCC(Nc2ccnc(Cl)n2)CC1. The summed E-state index contributed by atoms with van der Waals surface area (Å²) in [7, 11) is 0. The lowest BCUT2D eigenvalue weighted by Gasteiger charge is -2.29. The van der Waals surface area contributed by atoms with E-state index < -0.39 is 5.92 Å². The third-order valence-corrected chi connectivity index (χ3v) is 2.88. The summed E-state index contributed by atoms with van der Waals surface area (Å²) in [5, 5.41) is 3.25. The van der Waals surface area contributed by atoms with Crippen molar-refractivity contribution in [2.45, 2.75) is 37.6 Å². The zero-order valence-corrected chi connectivity index (χ0v) is 9.34. The molecule has 0 spiro atoms. The zero-order chi connectivity index (χ0) is 11.6. The van der Waals surface area contributed by atoms with Gasteiger partial charge in [-0.2, -0.15) is 0 Å². The van der Waals surface area contributed by atoms with Crippen molar-refractivity contribution in [3.63, 3.8) is 0 Å². The van der Waals surface area contributed by atoms with Gasteiger partial charge in [0.25, 0.3) is 0 Å². The lowest BCUT2D eigenvalue weighted by molar-refractivity contribution is -0.0361. The Morgan fingerprint density at radius 3 is 2.69 bits per heavy atom. The molecule has 1 aromatic heterocycles. The molecule has 1 fully saturated rings. The fraction of sp³-hybridized carbons (Fsp3) is 0.600. The molecule has 0 aliphatic heterocycles. The number of hydrogen-bond donors (Lipinski definition) is 1. The van der Waals surface area contributed by atoms with Crippen molar-refractivity contribution in [1.29, 1.82) is 0 Å². The Labute approximate surface area is 97.2 Å². The predicted octanol–water partition coefficient (Wildman–Crippen LogP) is 3.12. The van der Waals surface area contributed by atoms with E-state index in [9.17, 15) is 8.78 Å². The van der Waals surface area contributed by atoms with Gasteiger partial charge in [-0.3, -0.25) is 0 Å². The molecule has 0 unspecified atom stereocenters. The van der Waals surface area contributed by atoms with Crippen LogP contribution >= 0.6 is 11.6 Å². The third-order valence-electron chi connectivity index (χ3n) is 2.70. The molecule has 2 rings (SSSR count). The second-order valence-electron chi connectivity index (χ2n) is 3.99. The van der Waals surface area contributed by atoms with Gasteiger partial charge in [-0.25, -0.2) is 18.7 Å². The minimum atomic E-state index is -2.50. The van der Waals surface area contributed by atoms with Crippen LogP contribution in [-0.4, -0.2) is 21.9 Å². The van der Waals surface area contributed by atoms with Crippen molar-refractivity contribution < 1.29 is 8.78 Å². The molecule has 1 aliphatic carbocycles. The summed E-state index contributed by atoms with van der Waals surface area (Å²) >= 11 is 5.63. The molecule has 6 heteroatoms. The molecule has 0 radical (unpaired) electrons. The van der Waals surface area contributed by atoms with Crippen LogP contribution in [0.15, 0.2) is 12.3 Å². The Morgan fingerprint density at radius 1 is 1.38 bits per heavy atom. The molecule has 0 aromatic carbocycles. The van der Waals surface area contributed by atoms with E-state index in [0.717, 1.165) is 0 Å². The highest BCUT2D eigenvalue weighted by atomic mass is 35.5. The van der Waals surface area contributed by atoms with Gasteiger partial charge in [0.1, 0.15) is 5.82 Å². The topological polar surface area (TPSA) is 37.8 Å². The van der Waals surface area contributed by atoms with Crippen molar-refractivity contribution in [3.8, 4) is 0 Å². The van der Waals surface area contributed by atoms with Crippen molar-refractivity contribution >= 4 is 17.4 Å². The number of rotatable bonds is 2. The molecule has 16 heavy (non-hydrogen) atoms. The van der Waals surface area contributed by atoms with Crippen molar-refractivity contribution in [1.82, 2.24) is 9.97 Å². The number of alkyl halides is 2. The van der Waals surface area contributed by atoms with Gasteiger partial charge in [0, 0.05) is 25.1 Å². The Bertz CT molecular complexity index is 363. The van der Waals surface area contributed by atoms with E-state index in [4.69, 9.17) is 11.6 Å². The van der Waals surface area contributed by atoms with Crippen LogP contribution < -0.4 is 5.32 Å². The summed E-state index contributed by atoms with van der Waals surface area (Å²) in [6, 6.07) is 1.73. The number of anilines is 1. The van der Waals surface area contributed by atoms with E-state index in [-0.39, 0.29) is 24.2 Å². The van der Waals surface area contributed by atoms with Crippen molar-refractivity contribution in [2.75, 3.05) is 5.32 Å². The molecule has 0 amide bonds. The van der Waals surface area contributed by atoms with Crippen LogP contribution in [0.25, 0.3) is 0 Å². The molecular formula is C10H12ClF2N3. The summed E-state index contributed by atoms with van der Waals surface area (Å²) in [5.41, 5.74) is 0. The molecule has 1 heterocycles. The van der Waals surface area contributed by atoms with Crippen LogP contribution in [0.4, 0.5) is 14.6 Å². The van der Waals surface area contributed by atoms with Gasteiger partial charge in [0.15, 0.2) is 0 Å². The summed E-state index contributed by atoms with van der Waals surface area (Å²) in [6.07, 6.45) is 2.31. The Balaban J connectivity index is 1.92. The van der Waals surface area contributed by atoms with E-state index in [0.29, 0.717) is 18.7 Å². The highest BCUT2D eigenvalue weighted by Gasteiger charge is 2.34. The molecule has 1 N–H and O–H groups in total. The smallest absolute Gasteiger partial charge is 0.248 e. The summed E-state index contributed by atoms with van der Waals surface area (Å²) in [4.78, 5) is 7.71. The highest BCUT2D eigenvalue weighted by Crippen LogP contribution is 2.33. The van der Waals surface area contributed by atoms with Gasteiger partial charge >= 0.3 is 0 Å². The van der Waals surface area contributed by atoms with E-state index >= 15 is 0 Å². The standard InChI is InChI=1S/C10H12ClF2N3/c11-9-14-6-3-8(16-9)15-7-1-4-10(12,13)5-2-7/h3,6-7H,1-2,4-5H2,(H,14,15,16). The van der Waals surface area contributed by atoms with Crippen molar-refractivity contribution in [2.24, 2.45) is 0 Å². The summed E-state index contributed by atoms with van der Waals surface area (Å²) < 4.78 is 25.8.